The predicted octanol–water partition coefficient (Wildman–Crippen LogP) is 2.69. The molecular formula is C16H27N3O4. The minimum absolute atomic E-state index is 0.350. The van der Waals surface area contributed by atoms with Gasteiger partial charge < -0.3 is 19.3 Å². The summed E-state index contributed by atoms with van der Waals surface area (Å²) in [6.45, 7) is 5.97. The summed E-state index contributed by atoms with van der Waals surface area (Å²) in [5.41, 5.74) is 0. The van der Waals surface area contributed by atoms with Crippen molar-refractivity contribution in [1.82, 2.24) is 14.8 Å². The molecular weight excluding hydrogens is 298 g/mol. The van der Waals surface area contributed by atoms with Gasteiger partial charge >= 0.3 is 6.09 Å². The smallest absolute Gasteiger partial charge is 0.407 e. The van der Waals surface area contributed by atoms with Crippen molar-refractivity contribution in [2.45, 2.75) is 52.4 Å². The lowest BCUT2D eigenvalue weighted by Gasteiger charge is -2.21. The van der Waals surface area contributed by atoms with E-state index in [9.17, 15) is 9.59 Å². The number of nitrogens with zero attached hydrogens (tertiary/aromatic N) is 3. The number of amides is 1. The van der Waals surface area contributed by atoms with Crippen LogP contribution in [0.5, 0.6) is 5.75 Å². The van der Waals surface area contributed by atoms with Gasteiger partial charge in [-0.15, -0.1) is 9.94 Å². The van der Waals surface area contributed by atoms with E-state index >= 15 is 0 Å². The fraction of sp³-hybridized carbons (Fsp3) is 0.688. The highest BCUT2D eigenvalue weighted by Crippen LogP contribution is 2.11. The van der Waals surface area contributed by atoms with Gasteiger partial charge in [-0.05, 0) is 19.3 Å². The first kappa shape index (κ1) is 19.0. The Morgan fingerprint density at radius 3 is 2.57 bits per heavy atom. The average molecular weight is 325 g/mol. The lowest BCUT2D eigenvalue weighted by molar-refractivity contribution is -0.108. The van der Waals surface area contributed by atoms with Crippen LogP contribution in [0.15, 0.2) is 12.4 Å². The summed E-state index contributed by atoms with van der Waals surface area (Å²) in [5.74, 6) is 0.350. The molecule has 0 spiro atoms. The van der Waals surface area contributed by atoms with Gasteiger partial charge in [0.2, 0.25) is 0 Å². The van der Waals surface area contributed by atoms with Crippen LogP contribution in [0.2, 0.25) is 0 Å². The van der Waals surface area contributed by atoms with E-state index in [1.807, 2.05) is 0 Å². The molecule has 0 aliphatic carbocycles. The number of hydrogen-bond donors (Lipinski definition) is 0. The standard InChI is InChI=1S/C16H27N3O4/c1-3-5-9-18(10-6-4-2)16(21)23-15-13-17-19(14-15)22-12-8-7-11-20/h11,13-14H,3-10,12H2,1-2H3. The number of carbonyl (C=O) groups is 2. The van der Waals surface area contributed by atoms with Crippen molar-refractivity contribution < 1.29 is 19.2 Å². The average Bonchev–Trinajstić information content (AvgIpc) is 2.99. The van der Waals surface area contributed by atoms with Gasteiger partial charge in [0.15, 0.2) is 5.75 Å². The fourth-order valence-electron chi connectivity index (χ4n) is 1.90. The Balaban J connectivity index is 2.46. The topological polar surface area (TPSA) is 73.7 Å². The molecule has 0 radical (unpaired) electrons. The van der Waals surface area contributed by atoms with Crippen molar-refractivity contribution in [3.63, 3.8) is 0 Å². The summed E-state index contributed by atoms with van der Waals surface area (Å²) >= 11 is 0. The first-order valence-corrected chi connectivity index (χ1v) is 8.29. The molecule has 23 heavy (non-hydrogen) atoms. The number of hydrogen-bond acceptors (Lipinski definition) is 5. The van der Waals surface area contributed by atoms with Crippen LogP contribution in [0.1, 0.15) is 52.4 Å². The predicted molar refractivity (Wildman–Crippen MR) is 86.4 cm³/mol. The quantitative estimate of drug-likeness (QED) is 0.436. The lowest BCUT2D eigenvalue weighted by atomic mass is 10.3. The maximum Gasteiger partial charge on any atom is 0.415 e. The van der Waals surface area contributed by atoms with Gasteiger partial charge in [-0.1, -0.05) is 26.7 Å². The van der Waals surface area contributed by atoms with E-state index in [1.54, 1.807) is 4.90 Å². The highest BCUT2D eigenvalue weighted by molar-refractivity contribution is 5.70. The van der Waals surface area contributed by atoms with Crippen LogP contribution in [-0.2, 0) is 4.79 Å². The first-order chi connectivity index (χ1) is 11.2. The highest BCUT2D eigenvalue weighted by atomic mass is 16.7. The summed E-state index contributed by atoms with van der Waals surface area (Å²) in [4.78, 5) is 30.7. The molecule has 1 aromatic rings. The van der Waals surface area contributed by atoms with E-state index in [2.05, 4.69) is 18.9 Å². The molecule has 1 heterocycles. The Morgan fingerprint density at radius 2 is 1.96 bits per heavy atom. The zero-order valence-corrected chi connectivity index (χ0v) is 14.1. The molecule has 0 bridgehead atoms. The van der Waals surface area contributed by atoms with E-state index in [4.69, 9.17) is 9.57 Å². The van der Waals surface area contributed by atoms with Crippen LogP contribution < -0.4 is 9.57 Å². The van der Waals surface area contributed by atoms with Gasteiger partial charge in [-0.2, -0.15) is 0 Å². The maximum atomic E-state index is 12.2. The summed E-state index contributed by atoms with van der Waals surface area (Å²) in [6, 6.07) is 0. The normalized spacial score (nSPS) is 10.3. The summed E-state index contributed by atoms with van der Waals surface area (Å²) in [5, 5.41) is 3.96. The number of rotatable bonds is 12. The molecule has 0 unspecified atom stereocenters. The molecule has 1 rings (SSSR count). The van der Waals surface area contributed by atoms with Crippen LogP contribution in [0, 0.1) is 0 Å². The van der Waals surface area contributed by atoms with Gasteiger partial charge in [0.1, 0.15) is 19.1 Å². The molecule has 0 aliphatic heterocycles. The second-order valence-electron chi connectivity index (χ2n) is 5.28. The molecule has 7 heteroatoms. The Morgan fingerprint density at radius 1 is 1.26 bits per heavy atom. The molecule has 0 fully saturated rings. The second kappa shape index (κ2) is 11.5. The van der Waals surface area contributed by atoms with Crippen molar-refractivity contribution in [2.24, 2.45) is 0 Å². The molecule has 7 nitrogen and oxygen atoms in total. The van der Waals surface area contributed by atoms with Gasteiger partial charge in [-0.3, -0.25) is 0 Å². The summed E-state index contributed by atoms with van der Waals surface area (Å²) < 4.78 is 5.35. The first-order valence-electron chi connectivity index (χ1n) is 8.29. The molecule has 0 aromatic carbocycles. The zero-order valence-electron chi connectivity index (χ0n) is 14.1. The summed E-state index contributed by atoms with van der Waals surface area (Å²) in [7, 11) is 0. The lowest BCUT2D eigenvalue weighted by Crippen LogP contribution is -2.35. The number of aromatic nitrogens is 2. The Labute approximate surface area is 137 Å². The van der Waals surface area contributed by atoms with Crippen LogP contribution in [0.25, 0.3) is 0 Å². The molecule has 1 aromatic heterocycles. The fourth-order valence-corrected chi connectivity index (χ4v) is 1.90. The number of carbonyl (C=O) groups excluding carboxylic acids is 2. The molecule has 0 atom stereocenters. The van der Waals surface area contributed by atoms with Crippen LogP contribution >= 0.6 is 0 Å². The Bertz CT molecular complexity index is 454. The van der Waals surface area contributed by atoms with Crippen LogP contribution in [0.3, 0.4) is 0 Å². The maximum absolute atomic E-state index is 12.2. The monoisotopic (exact) mass is 325 g/mol. The van der Waals surface area contributed by atoms with Gasteiger partial charge in [0.05, 0.1) is 6.20 Å². The molecule has 0 N–H and O–H groups in total. The Hall–Kier alpha value is -2.05. The van der Waals surface area contributed by atoms with Crippen LogP contribution in [-0.4, -0.2) is 46.9 Å². The molecule has 1 amide bonds. The van der Waals surface area contributed by atoms with E-state index in [0.717, 1.165) is 32.0 Å². The molecule has 130 valence electrons. The van der Waals surface area contributed by atoms with E-state index in [0.29, 0.717) is 38.3 Å². The number of ether oxygens (including phenoxy) is 1. The minimum atomic E-state index is -0.354. The molecule has 0 aliphatic rings. The van der Waals surface area contributed by atoms with Crippen molar-refractivity contribution in [2.75, 3.05) is 19.7 Å². The van der Waals surface area contributed by atoms with E-state index in [1.165, 1.54) is 17.2 Å². The molecule has 0 saturated heterocycles. The third kappa shape index (κ3) is 7.67. The third-order valence-corrected chi connectivity index (χ3v) is 3.25. The Kier molecular flexibility index (Phi) is 9.51. The van der Waals surface area contributed by atoms with Crippen molar-refractivity contribution in [1.29, 1.82) is 0 Å². The third-order valence-electron chi connectivity index (χ3n) is 3.25. The minimum Gasteiger partial charge on any atom is -0.407 e. The molecule has 0 saturated carbocycles. The van der Waals surface area contributed by atoms with Crippen molar-refractivity contribution >= 4 is 12.4 Å². The number of aldehydes is 1. The van der Waals surface area contributed by atoms with Gasteiger partial charge in [0, 0.05) is 19.5 Å². The SMILES string of the molecule is CCCCN(CCCC)C(=O)Oc1cnn(OCCCC=O)c1. The zero-order chi connectivity index (χ0) is 16.9. The largest absolute Gasteiger partial charge is 0.415 e. The van der Waals surface area contributed by atoms with E-state index < -0.39 is 0 Å². The number of unbranched alkanes of at least 4 members (excludes halogenated alkanes) is 3. The highest BCUT2D eigenvalue weighted by Gasteiger charge is 2.16. The van der Waals surface area contributed by atoms with E-state index in [-0.39, 0.29) is 6.09 Å². The van der Waals surface area contributed by atoms with Crippen LogP contribution in [0.4, 0.5) is 4.79 Å². The van der Waals surface area contributed by atoms with Gasteiger partial charge in [-0.25, -0.2) is 4.79 Å². The van der Waals surface area contributed by atoms with Crippen molar-refractivity contribution in [3.8, 4) is 5.75 Å². The van der Waals surface area contributed by atoms with Crippen molar-refractivity contribution in [3.05, 3.63) is 12.4 Å². The van der Waals surface area contributed by atoms with Gasteiger partial charge in [0.25, 0.3) is 0 Å². The second-order valence-corrected chi connectivity index (χ2v) is 5.28. The summed E-state index contributed by atoms with van der Waals surface area (Å²) in [6.07, 6.45) is 8.49.